The minimum Gasteiger partial charge on any atom is -0.478 e. The second-order valence-electron chi connectivity index (χ2n) is 5.08. The van der Waals surface area contributed by atoms with Gasteiger partial charge in [0.05, 0.1) is 5.56 Å². The zero-order valence-corrected chi connectivity index (χ0v) is 11.9. The number of hydrogen-bond donors (Lipinski definition) is 1. The van der Waals surface area contributed by atoms with E-state index in [0.717, 1.165) is 12.0 Å². The van der Waals surface area contributed by atoms with Gasteiger partial charge in [-0.25, -0.2) is 4.79 Å². The fourth-order valence-corrected chi connectivity index (χ4v) is 2.18. The molecule has 0 aliphatic carbocycles. The summed E-state index contributed by atoms with van der Waals surface area (Å²) in [7, 11) is 0. The van der Waals surface area contributed by atoms with Crippen molar-refractivity contribution in [2.24, 2.45) is 5.92 Å². The van der Waals surface area contributed by atoms with E-state index in [1.54, 1.807) is 18.2 Å². The number of carbonyl (C=O) groups is 1. The minimum absolute atomic E-state index is 0.231. The van der Waals surface area contributed by atoms with Crippen LogP contribution in [0.25, 0.3) is 0 Å². The fourth-order valence-electron chi connectivity index (χ4n) is 2.18. The average Bonchev–Trinajstić information content (AvgIpc) is 2.43. The molecule has 0 saturated carbocycles. The van der Waals surface area contributed by atoms with Crippen LogP contribution in [0.5, 0.6) is 0 Å². The largest absolute Gasteiger partial charge is 0.478 e. The maximum Gasteiger partial charge on any atom is 0.335 e. The molecule has 0 aromatic heterocycles. The molecular formula is C17H22O2. The molecule has 0 heterocycles. The normalized spacial score (nSPS) is 15.9. The Bertz CT molecular complexity index is 488. The van der Waals surface area contributed by atoms with Crippen molar-refractivity contribution in [1.82, 2.24) is 0 Å². The highest BCUT2D eigenvalue weighted by Crippen LogP contribution is 2.35. The zero-order chi connectivity index (χ0) is 14.5. The van der Waals surface area contributed by atoms with E-state index in [2.05, 4.69) is 26.5 Å². The van der Waals surface area contributed by atoms with Crippen molar-refractivity contribution in [3.8, 4) is 0 Å². The Morgan fingerprint density at radius 3 is 2.74 bits per heavy atom. The molecule has 0 aliphatic rings. The molecule has 0 radical (unpaired) electrons. The van der Waals surface area contributed by atoms with E-state index in [1.165, 1.54) is 0 Å². The van der Waals surface area contributed by atoms with E-state index in [1.807, 2.05) is 25.1 Å². The molecule has 2 heteroatoms. The molecule has 2 unspecified atom stereocenters. The smallest absolute Gasteiger partial charge is 0.335 e. The molecule has 0 fully saturated rings. The van der Waals surface area contributed by atoms with Crippen LogP contribution >= 0.6 is 0 Å². The Morgan fingerprint density at radius 1 is 1.53 bits per heavy atom. The van der Waals surface area contributed by atoms with Gasteiger partial charge in [0.25, 0.3) is 0 Å². The van der Waals surface area contributed by atoms with Crippen LogP contribution in [0.1, 0.15) is 43.1 Å². The van der Waals surface area contributed by atoms with E-state index >= 15 is 0 Å². The lowest BCUT2D eigenvalue weighted by molar-refractivity contribution is 0.0696. The van der Waals surface area contributed by atoms with Gasteiger partial charge in [0.1, 0.15) is 0 Å². The van der Waals surface area contributed by atoms with Crippen molar-refractivity contribution in [1.29, 1.82) is 0 Å². The maximum atomic E-state index is 11.1. The number of rotatable bonds is 6. The standard InChI is InChI=1S/C17H22O2/c1-5-7-9-13(3)17(4,6-2)15-11-8-10-14(12-15)16(18)19/h5-8,10-13H,2,9H2,1,3-4H3,(H,18,19). The van der Waals surface area contributed by atoms with E-state index in [4.69, 9.17) is 5.11 Å². The lowest BCUT2D eigenvalue weighted by Crippen LogP contribution is -2.27. The topological polar surface area (TPSA) is 37.3 Å². The number of allylic oxidation sites excluding steroid dienone is 3. The van der Waals surface area contributed by atoms with Crippen molar-refractivity contribution in [2.45, 2.75) is 32.6 Å². The van der Waals surface area contributed by atoms with E-state index in [-0.39, 0.29) is 5.41 Å². The third-order valence-corrected chi connectivity index (χ3v) is 3.90. The number of hydrogen-bond acceptors (Lipinski definition) is 1. The van der Waals surface area contributed by atoms with Crippen LogP contribution in [0.15, 0.2) is 49.1 Å². The highest BCUT2D eigenvalue weighted by Gasteiger charge is 2.29. The average molecular weight is 258 g/mol. The van der Waals surface area contributed by atoms with Gasteiger partial charge in [-0.3, -0.25) is 0 Å². The van der Waals surface area contributed by atoms with Crippen LogP contribution in [-0.2, 0) is 5.41 Å². The summed E-state index contributed by atoms with van der Waals surface area (Å²) in [5.41, 5.74) is 1.09. The van der Waals surface area contributed by atoms with Crippen LogP contribution in [-0.4, -0.2) is 11.1 Å². The van der Waals surface area contributed by atoms with E-state index in [9.17, 15) is 4.79 Å². The maximum absolute atomic E-state index is 11.1. The first kappa shape index (κ1) is 15.2. The van der Waals surface area contributed by atoms with Crippen LogP contribution in [0, 0.1) is 5.92 Å². The molecule has 2 nitrogen and oxygen atoms in total. The summed E-state index contributed by atoms with van der Waals surface area (Å²) in [6.07, 6.45) is 7.03. The lowest BCUT2D eigenvalue weighted by atomic mass is 9.71. The number of carboxylic acids is 1. The summed E-state index contributed by atoms with van der Waals surface area (Å²) in [5.74, 6) is -0.542. The van der Waals surface area contributed by atoms with Crippen LogP contribution in [0.4, 0.5) is 0 Å². The number of aromatic carboxylic acids is 1. The molecule has 19 heavy (non-hydrogen) atoms. The SMILES string of the molecule is C=CC(C)(c1cccc(C(=O)O)c1)C(C)CC=CC. The van der Waals surface area contributed by atoms with Gasteiger partial charge in [0, 0.05) is 5.41 Å². The van der Waals surface area contributed by atoms with Crippen molar-refractivity contribution in [3.05, 3.63) is 60.2 Å². The number of benzene rings is 1. The summed E-state index contributed by atoms with van der Waals surface area (Å²) in [6.45, 7) is 10.2. The zero-order valence-electron chi connectivity index (χ0n) is 11.9. The quantitative estimate of drug-likeness (QED) is 0.766. The van der Waals surface area contributed by atoms with Crippen LogP contribution in [0.2, 0.25) is 0 Å². The van der Waals surface area contributed by atoms with Gasteiger partial charge in [0.15, 0.2) is 0 Å². The summed E-state index contributed by atoms with van der Waals surface area (Å²) < 4.78 is 0. The highest BCUT2D eigenvalue weighted by atomic mass is 16.4. The predicted octanol–water partition coefficient (Wildman–Crippen LogP) is 4.43. The Kier molecular flexibility index (Phi) is 5.11. The molecule has 1 rings (SSSR count). The molecule has 1 aromatic rings. The molecule has 1 N–H and O–H groups in total. The Hall–Kier alpha value is -1.83. The van der Waals surface area contributed by atoms with Gasteiger partial charge in [-0.2, -0.15) is 0 Å². The van der Waals surface area contributed by atoms with E-state index < -0.39 is 5.97 Å². The molecule has 0 bridgehead atoms. The Labute approximate surface area is 115 Å². The van der Waals surface area contributed by atoms with Crippen LogP contribution in [0.3, 0.4) is 0 Å². The van der Waals surface area contributed by atoms with Gasteiger partial charge in [-0.1, -0.05) is 44.2 Å². The van der Waals surface area contributed by atoms with Gasteiger partial charge in [-0.15, -0.1) is 6.58 Å². The third-order valence-electron chi connectivity index (χ3n) is 3.90. The van der Waals surface area contributed by atoms with Crippen molar-refractivity contribution in [3.63, 3.8) is 0 Å². The van der Waals surface area contributed by atoms with Crippen molar-refractivity contribution in [2.75, 3.05) is 0 Å². The van der Waals surface area contributed by atoms with Crippen LogP contribution < -0.4 is 0 Å². The molecule has 0 spiro atoms. The first-order valence-electron chi connectivity index (χ1n) is 6.54. The predicted molar refractivity (Wildman–Crippen MR) is 79.5 cm³/mol. The van der Waals surface area contributed by atoms with Crippen molar-refractivity contribution >= 4 is 5.97 Å². The molecule has 0 amide bonds. The molecular weight excluding hydrogens is 236 g/mol. The second-order valence-corrected chi connectivity index (χ2v) is 5.08. The van der Waals surface area contributed by atoms with Gasteiger partial charge in [-0.05, 0) is 37.0 Å². The first-order valence-corrected chi connectivity index (χ1v) is 6.54. The summed E-state index contributed by atoms with van der Waals surface area (Å²) >= 11 is 0. The minimum atomic E-state index is -0.894. The van der Waals surface area contributed by atoms with E-state index in [0.29, 0.717) is 11.5 Å². The first-order chi connectivity index (χ1) is 8.95. The Morgan fingerprint density at radius 2 is 2.21 bits per heavy atom. The van der Waals surface area contributed by atoms with Gasteiger partial charge < -0.3 is 5.11 Å². The van der Waals surface area contributed by atoms with Crippen molar-refractivity contribution < 1.29 is 9.90 Å². The Balaban J connectivity index is 3.17. The monoisotopic (exact) mass is 258 g/mol. The van der Waals surface area contributed by atoms with Gasteiger partial charge in [0.2, 0.25) is 0 Å². The molecule has 0 saturated heterocycles. The highest BCUT2D eigenvalue weighted by molar-refractivity contribution is 5.87. The summed E-state index contributed by atoms with van der Waals surface area (Å²) in [4.78, 5) is 11.1. The summed E-state index contributed by atoms with van der Waals surface area (Å²) in [5, 5.41) is 9.09. The third kappa shape index (κ3) is 3.34. The lowest BCUT2D eigenvalue weighted by Gasteiger charge is -2.33. The molecule has 2 atom stereocenters. The number of carboxylic acid groups (broad SMARTS) is 1. The molecule has 0 aliphatic heterocycles. The molecule has 102 valence electrons. The fraction of sp³-hybridized carbons (Fsp3) is 0.353. The summed E-state index contributed by atoms with van der Waals surface area (Å²) in [6, 6.07) is 7.13. The second kappa shape index (κ2) is 6.37. The molecule has 1 aromatic carbocycles. The van der Waals surface area contributed by atoms with Gasteiger partial charge >= 0.3 is 5.97 Å².